The molecule has 2 aromatic carbocycles. The van der Waals surface area contributed by atoms with Gasteiger partial charge in [0.25, 0.3) is 0 Å². The van der Waals surface area contributed by atoms with Gasteiger partial charge in [0.05, 0.1) is 6.04 Å². The summed E-state index contributed by atoms with van der Waals surface area (Å²) in [5.74, 6) is 0.256. The monoisotopic (exact) mass is 279 g/mol. The molecule has 1 heterocycles. The van der Waals surface area contributed by atoms with Crippen molar-refractivity contribution in [1.29, 1.82) is 0 Å². The number of hydrogen-bond acceptors (Lipinski definition) is 2. The lowest BCUT2D eigenvalue weighted by atomic mass is 9.90. The zero-order chi connectivity index (χ0) is 14.7. The number of hydrogen-bond donors (Lipinski definition) is 1. The number of rotatable bonds is 4. The third kappa shape index (κ3) is 3.06. The van der Waals surface area contributed by atoms with Crippen molar-refractivity contribution in [2.75, 3.05) is 6.54 Å². The molecule has 1 atom stereocenters. The number of fused-ring (bicyclic) bond motifs is 1. The summed E-state index contributed by atoms with van der Waals surface area (Å²) in [4.78, 5) is 12.6. The summed E-state index contributed by atoms with van der Waals surface area (Å²) < 4.78 is 0. The fourth-order valence-electron chi connectivity index (χ4n) is 2.99. The fourth-order valence-corrected chi connectivity index (χ4v) is 2.99. The van der Waals surface area contributed by atoms with Crippen molar-refractivity contribution in [3.8, 4) is 0 Å². The first-order valence-corrected chi connectivity index (χ1v) is 7.69. The van der Waals surface area contributed by atoms with E-state index in [2.05, 4.69) is 54.7 Å². The van der Waals surface area contributed by atoms with Crippen molar-refractivity contribution >= 4 is 5.78 Å². The van der Waals surface area contributed by atoms with E-state index < -0.39 is 0 Å². The molecule has 0 fully saturated rings. The molecule has 0 bridgehead atoms. The Morgan fingerprint density at radius 1 is 1.10 bits per heavy atom. The number of carbonyl (C=O) groups is 1. The van der Waals surface area contributed by atoms with E-state index in [1.54, 1.807) is 0 Å². The topological polar surface area (TPSA) is 29.1 Å². The molecular weight excluding hydrogens is 258 g/mol. The summed E-state index contributed by atoms with van der Waals surface area (Å²) >= 11 is 0. The molecule has 0 aromatic heterocycles. The van der Waals surface area contributed by atoms with Gasteiger partial charge < -0.3 is 5.32 Å². The van der Waals surface area contributed by atoms with Gasteiger partial charge in [-0.1, -0.05) is 55.5 Å². The smallest absolute Gasteiger partial charge is 0.158 e. The molecule has 1 unspecified atom stereocenters. The average molecular weight is 279 g/mol. The minimum atomic E-state index is -0.152. The highest BCUT2D eigenvalue weighted by atomic mass is 16.1. The molecular formula is C19H21NO. The van der Waals surface area contributed by atoms with Gasteiger partial charge in [-0.15, -0.1) is 0 Å². The maximum absolute atomic E-state index is 12.6. The summed E-state index contributed by atoms with van der Waals surface area (Å²) in [6.07, 6.45) is 2.53. The molecule has 0 amide bonds. The second-order valence-electron chi connectivity index (χ2n) is 5.65. The standard InChI is InChI=1S/C19H21NO/c1-2-14-7-9-15(10-8-14)13-18(21)19-17-6-4-3-5-16(17)11-12-20-19/h3-10,19-20H,2,11-13H2,1H3. The van der Waals surface area contributed by atoms with E-state index >= 15 is 0 Å². The Hall–Kier alpha value is -1.93. The van der Waals surface area contributed by atoms with Crippen molar-refractivity contribution in [2.45, 2.75) is 32.2 Å². The highest BCUT2D eigenvalue weighted by Gasteiger charge is 2.25. The Bertz CT molecular complexity index is 630. The second kappa shape index (κ2) is 6.23. The first-order valence-electron chi connectivity index (χ1n) is 7.69. The molecule has 1 aliphatic rings. The summed E-state index contributed by atoms with van der Waals surface area (Å²) in [5.41, 5.74) is 4.87. The molecule has 21 heavy (non-hydrogen) atoms. The Labute approximate surface area is 126 Å². The van der Waals surface area contributed by atoms with Gasteiger partial charge in [0.2, 0.25) is 0 Å². The maximum Gasteiger partial charge on any atom is 0.158 e. The van der Waals surface area contributed by atoms with Gasteiger partial charge in [0.1, 0.15) is 0 Å². The van der Waals surface area contributed by atoms with Gasteiger partial charge in [-0.05, 0) is 35.1 Å². The van der Waals surface area contributed by atoms with Gasteiger partial charge in [0.15, 0.2) is 5.78 Å². The van der Waals surface area contributed by atoms with Crippen LogP contribution in [0.4, 0.5) is 0 Å². The van der Waals surface area contributed by atoms with Crippen molar-refractivity contribution < 1.29 is 4.79 Å². The Kier molecular flexibility index (Phi) is 4.16. The number of ketones is 1. The summed E-state index contributed by atoms with van der Waals surface area (Å²) in [6, 6.07) is 16.5. The first kappa shape index (κ1) is 14.0. The molecule has 2 aromatic rings. The van der Waals surface area contributed by atoms with Crippen LogP contribution in [-0.4, -0.2) is 12.3 Å². The zero-order valence-corrected chi connectivity index (χ0v) is 12.4. The highest BCUT2D eigenvalue weighted by molar-refractivity contribution is 5.87. The van der Waals surface area contributed by atoms with Crippen LogP contribution in [0.1, 0.15) is 35.2 Å². The Balaban J connectivity index is 1.76. The van der Waals surface area contributed by atoms with Gasteiger partial charge in [-0.25, -0.2) is 0 Å². The van der Waals surface area contributed by atoms with Gasteiger partial charge >= 0.3 is 0 Å². The average Bonchev–Trinajstić information content (AvgIpc) is 2.55. The van der Waals surface area contributed by atoms with Crippen LogP contribution in [0.2, 0.25) is 0 Å². The van der Waals surface area contributed by atoms with E-state index in [-0.39, 0.29) is 11.8 Å². The Morgan fingerprint density at radius 3 is 2.57 bits per heavy atom. The van der Waals surface area contributed by atoms with E-state index in [1.807, 2.05) is 6.07 Å². The van der Waals surface area contributed by atoms with E-state index in [1.165, 1.54) is 11.1 Å². The molecule has 1 N–H and O–H groups in total. The normalized spacial score (nSPS) is 17.3. The van der Waals surface area contributed by atoms with Crippen LogP contribution in [0, 0.1) is 0 Å². The van der Waals surface area contributed by atoms with E-state index in [4.69, 9.17) is 0 Å². The fraction of sp³-hybridized carbons (Fsp3) is 0.316. The van der Waals surface area contributed by atoms with Gasteiger partial charge in [-0.3, -0.25) is 4.79 Å². The van der Waals surface area contributed by atoms with Crippen LogP contribution in [0.25, 0.3) is 0 Å². The molecule has 1 aliphatic heterocycles. The van der Waals surface area contributed by atoms with Crippen molar-refractivity contribution in [3.05, 3.63) is 70.8 Å². The van der Waals surface area contributed by atoms with Gasteiger partial charge in [-0.2, -0.15) is 0 Å². The summed E-state index contributed by atoms with van der Waals surface area (Å²) in [7, 11) is 0. The zero-order valence-electron chi connectivity index (χ0n) is 12.4. The van der Waals surface area contributed by atoms with E-state index in [0.29, 0.717) is 6.42 Å². The number of Topliss-reactive ketones (excluding diaryl/α,β-unsaturated/α-hetero) is 1. The SMILES string of the molecule is CCc1ccc(CC(=O)C2NCCc3ccccc32)cc1. The maximum atomic E-state index is 12.6. The predicted molar refractivity (Wildman–Crippen MR) is 85.4 cm³/mol. The van der Waals surface area contributed by atoms with Gasteiger partial charge in [0, 0.05) is 13.0 Å². The number of carbonyl (C=O) groups excluding carboxylic acids is 1. The van der Waals surface area contributed by atoms with Crippen LogP contribution < -0.4 is 5.32 Å². The lowest BCUT2D eigenvalue weighted by molar-refractivity contribution is -0.120. The molecule has 2 nitrogen and oxygen atoms in total. The van der Waals surface area contributed by atoms with Crippen LogP contribution in [0.3, 0.4) is 0 Å². The number of nitrogens with one attached hydrogen (secondary N) is 1. The molecule has 0 saturated heterocycles. The summed E-state index contributed by atoms with van der Waals surface area (Å²) in [5, 5.41) is 3.37. The third-order valence-electron chi connectivity index (χ3n) is 4.24. The van der Waals surface area contributed by atoms with E-state index in [9.17, 15) is 4.79 Å². The molecule has 2 heteroatoms. The molecule has 0 radical (unpaired) electrons. The lowest BCUT2D eigenvalue weighted by Crippen LogP contribution is -2.35. The molecule has 3 rings (SSSR count). The number of aryl methyl sites for hydroxylation is 1. The second-order valence-corrected chi connectivity index (χ2v) is 5.65. The van der Waals surface area contributed by atoms with Crippen LogP contribution in [0.15, 0.2) is 48.5 Å². The molecule has 108 valence electrons. The minimum absolute atomic E-state index is 0.152. The molecule has 0 aliphatic carbocycles. The third-order valence-corrected chi connectivity index (χ3v) is 4.24. The first-order chi connectivity index (χ1) is 10.3. The van der Waals surface area contributed by atoms with E-state index in [0.717, 1.165) is 30.5 Å². The molecule has 0 saturated carbocycles. The van der Waals surface area contributed by atoms with Crippen molar-refractivity contribution in [3.63, 3.8) is 0 Å². The Morgan fingerprint density at radius 2 is 1.81 bits per heavy atom. The quantitative estimate of drug-likeness (QED) is 0.931. The van der Waals surface area contributed by atoms with Crippen LogP contribution in [-0.2, 0) is 24.1 Å². The number of benzene rings is 2. The van der Waals surface area contributed by atoms with Crippen LogP contribution in [0.5, 0.6) is 0 Å². The summed E-state index contributed by atoms with van der Waals surface area (Å²) in [6.45, 7) is 3.02. The van der Waals surface area contributed by atoms with Crippen molar-refractivity contribution in [2.24, 2.45) is 0 Å². The van der Waals surface area contributed by atoms with Crippen molar-refractivity contribution in [1.82, 2.24) is 5.32 Å². The minimum Gasteiger partial charge on any atom is -0.303 e. The molecule has 0 spiro atoms. The van der Waals surface area contributed by atoms with Crippen LogP contribution >= 0.6 is 0 Å². The predicted octanol–water partition coefficient (Wildman–Crippen LogP) is 3.25. The lowest BCUT2D eigenvalue weighted by Gasteiger charge is -2.25. The highest BCUT2D eigenvalue weighted by Crippen LogP contribution is 2.24. The largest absolute Gasteiger partial charge is 0.303 e.